The molecule has 3 fully saturated rings. The van der Waals surface area contributed by atoms with Crippen LogP contribution in [0.5, 0.6) is 5.75 Å². The molecule has 2 aromatic carbocycles. The lowest BCUT2D eigenvalue weighted by molar-refractivity contribution is -0.143. The van der Waals surface area contributed by atoms with Crippen molar-refractivity contribution in [2.45, 2.75) is 114 Å². The summed E-state index contributed by atoms with van der Waals surface area (Å²) in [4.78, 5) is 16.0. The van der Waals surface area contributed by atoms with Gasteiger partial charge in [-0.05, 0) is 130 Å². The first-order chi connectivity index (χ1) is 23.1. The lowest BCUT2D eigenvalue weighted by Crippen LogP contribution is -2.50. The molecule has 1 N–H and O–H groups in total. The van der Waals surface area contributed by atoms with Gasteiger partial charge in [-0.3, -0.25) is 4.79 Å². The zero-order valence-corrected chi connectivity index (χ0v) is 29.7. The fraction of sp³-hybridized carbons (Fsp3) is 0.658. The number of nitrogens with one attached hydrogen (secondary N) is 1. The normalized spacial score (nSPS) is 37.7. The number of benzene rings is 2. The van der Waals surface area contributed by atoms with Crippen LogP contribution in [0.2, 0.25) is 5.02 Å². The number of carbonyl (C=O) groups excluding carboxylic acids is 1. The second-order valence-electron chi connectivity index (χ2n) is 15.7. The Morgan fingerprint density at radius 1 is 0.917 bits per heavy atom. The number of ether oxygens (including phenoxy) is 3. The lowest BCUT2D eigenvalue weighted by Gasteiger charge is -2.47. The highest BCUT2D eigenvalue weighted by molar-refractivity contribution is 7.90. The van der Waals surface area contributed by atoms with Crippen LogP contribution in [0.15, 0.2) is 36.4 Å². The van der Waals surface area contributed by atoms with Gasteiger partial charge >= 0.3 is 0 Å². The first kappa shape index (κ1) is 32.9. The number of hydrogen-bond acceptors (Lipinski definition) is 7. The Hall–Kier alpha value is -2.33. The van der Waals surface area contributed by atoms with Crippen molar-refractivity contribution >= 4 is 33.2 Å². The molecule has 3 aliphatic heterocycles. The van der Waals surface area contributed by atoms with E-state index in [1.54, 1.807) is 13.0 Å². The van der Waals surface area contributed by atoms with Gasteiger partial charge in [0.15, 0.2) is 6.29 Å². The molecule has 2 aromatic rings. The molecule has 8 rings (SSSR count). The molecule has 10 heteroatoms. The molecule has 3 heterocycles. The number of aryl methyl sites for hydroxylation is 1. The van der Waals surface area contributed by atoms with Crippen molar-refractivity contribution in [3.8, 4) is 5.75 Å². The summed E-state index contributed by atoms with van der Waals surface area (Å²) in [7, 11) is -3.89. The van der Waals surface area contributed by atoms with Crippen molar-refractivity contribution in [1.29, 1.82) is 0 Å². The Balaban J connectivity index is 1.18. The molecular weight excluding hydrogens is 648 g/mol. The molecule has 0 radical (unpaired) electrons. The van der Waals surface area contributed by atoms with Crippen LogP contribution in [0.25, 0.3) is 0 Å². The van der Waals surface area contributed by atoms with Crippen LogP contribution in [0.1, 0.15) is 99.5 Å². The fourth-order valence-corrected chi connectivity index (χ4v) is 11.3. The van der Waals surface area contributed by atoms with Crippen LogP contribution < -0.4 is 14.4 Å². The van der Waals surface area contributed by atoms with Gasteiger partial charge in [0.05, 0.1) is 29.8 Å². The number of fused-ring (bicyclic) bond motifs is 5. The monoisotopic (exact) mass is 696 g/mol. The molecule has 1 unspecified atom stereocenters. The number of rotatable bonds is 1. The molecule has 2 saturated carbocycles. The molecule has 8 nitrogen and oxygen atoms in total. The maximum absolute atomic E-state index is 13.5. The summed E-state index contributed by atoms with van der Waals surface area (Å²) in [6.45, 7) is 5.81. The van der Waals surface area contributed by atoms with Crippen molar-refractivity contribution in [1.82, 2.24) is 4.72 Å². The van der Waals surface area contributed by atoms with Gasteiger partial charge in [0, 0.05) is 35.0 Å². The molecule has 0 aromatic heterocycles. The van der Waals surface area contributed by atoms with E-state index in [2.05, 4.69) is 21.8 Å². The Bertz CT molecular complexity index is 1660. The van der Waals surface area contributed by atoms with E-state index in [-0.39, 0.29) is 35.7 Å². The smallest absolute Gasteiger partial charge is 0.264 e. The molecule has 1 saturated heterocycles. The van der Waals surface area contributed by atoms with E-state index >= 15 is 0 Å². The number of hydrogen-bond donors (Lipinski definition) is 1. The Morgan fingerprint density at radius 3 is 2.48 bits per heavy atom. The Morgan fingerprint density at radius 2 is 1.71 bits per heavy atom. The van der Waals surface area contributed by atoms with E-state index < -0.39 is 21.2 Å². The predicted octanol–water partition coefficient (Wildman–Crippen LogP) is 7.02. The molecule has 260 valence electrons. The maximum atomic E-state index is 13.5. The SMILES string of the molecule is C[C@@H]1[C@@H](C)CCC[C@H](C2O[C@H]3CCC[C@H]3O2)[C@@H]2CC[C@H]2CN2C[C@@]3(CCCc4cc(Cl)ccc43)COc3ccc(cc32)C(=O)NS1(=O)=O. The summed E-state index contributed by atoms with van der Waals surface area (Å²) in [5, 5.41) is 0.0507. The van der Waals surface area contributed by atoms with Crippen LogP contribution in [-0.2, 0) is 31.3 Å². The maximum Gasteiger partial charge on any atom is 0.264 e. The third-order valence-electron chi connectivity index (χ3n) is 12.9. The summed E-state index contributed by atoms with van der Waals surface area (Å²) in [5.74, 6) is 1.20. The van der Waals surface area contributed by atoms with Gasteiger partial charge in [-0.1, -0.05) is 31.0 Å². The van der Waals surface area contributed by atoms with Crippen LogP contribution in [-0.4, -0.2) is 57.8 Å². The second kappa shape index (κ2) is 12.8. The van der Waals surface area contributed by atoms with Crippen LogP contribution in [0.3, 0.4) is 0 Å². The molecule has 9 atom stereocenters. The number of carbonyl (C=O) groups is 1. The van der Waals surface area contributed by atoms with Gasteiger partial charge in [0.1, 0.15) is 5.75 Å². The lowest BCUT2D eigenvalue weighted by atomic mass is 9.64. The van der Waals surface area contributed by atoms with E-state index in [9.17, 15) is 13.2 Å². The Kier molecular flexibility index (Phi) is 8.74. The number of sulfonamides is 1. The minimum Gasteiger partial charge on any atom is -0.490 e. The first-order valence-corrected chi connectivity index (χ1v) is 20.2. The van der Waals surface area contributed by atoms with E-state index in [1.165, 1.54) is 11.1 Å². The molecule has 2 bridgehead atoms. The van der Waals surface area contributed by atoms with Gasteiger partial charge in [0.25, 0.3) is 5.91 Å². The Labute approximate surface area is 290 Å². The number of anilines is 1. The summed E-state index contributed by atoms with van der Waals surface area (Å²) in [6, 6.07) is 11.7. The average molecular weight is 697 g/mol. The van der Waals surface area contributed by atoms with Gasteiger partial charge < -0.3 is 19.1 Å². The summed E-state index contributed by atoms with van der Waals surface area (Å²) in [6.07, 6.45) is 11.4. The zero-order valence-electron chi connectivity index (χ0n) is 28.2. The van der Waals surface area contributed by atoms with Crippen LogP contribution >= 0.6 is 11.6 Å². The molecule has 48 heavy (non-hydrogen) atoms. The molecule has 1 spiro atoms. The highest BCUT2D eigenvalue weighted by Gasteiger charge is 2.49. The quantitative estimate of drug-likeness (QED) is 0.343. The minimum absolute atomic E-state index is 0.105. The van der Waals surface area contributed by atoms with Crippen molar-refractivity contribution in [2.75, 3.05) is 24.6 Å². The van der Waals surface area contributed by atoms with Crippen LogP contribution in [0.4, 0.5) is 5.69 Å². The van der Waals surface area contributed by atoms with Crippen molar-refractivity contribution < 1.29 is 27.4 Å². The van der Waals surface area contributed by atoms with Gasteiger partial charge in [-0.15, -0.1) is 0 Å². The highest BCUT2D eigenvalue weighted by atomic mass is 35.5. The molecule has 6 aliphatic rings. The van der Waals surface area contributed by atoms with Crippen molar-refractivity contribution in [3.63, 3.8) is 0 Å². The molecular formula is C38H49ClN2O6S. The van der Waals surface area contributed by atoms with Crippen molar-refractivity contribution in [3.05, 3.63) is 58.1 Å². The number of halogens is 1. The predicted molar refractivity (Wildman–Crippen MR) is 186 cm³/mol. The van der Waals surface area contributed by atoms with Gasteiger partial charge in [0.2, 0.25) is 10.0 Å². The fourth-order valence-electron chi connectivity index (χ4n) is 9.75. The van der Waals surface area contributed by atoms with E-state index in [4.69, 9.17) is 25.8 Å². The highest BCUT2D eigenvalue weighted by Crippen LogP contribution is 2.50. The summed E-state index contributed by atoms with van der Waals surface area (Å²) < 4.78 is 49.3. The summed E-state index contributed by atoms with van der Waals surface area (Å²) >= 11 is 6.47. The third-order valence-corrected chi connectivity index (χ3v) is 15.0. The first-order valence-electron chi connectivity index (χ1n) is 18.3. The van der Waals surface area contributed by atoms with Gasteiger partial charge in [-0.2, -0.15) is 0 Å². The van der Waals surface area contributed by atoms with E-state index in [0.717, 1.165) is 100 Å². The topological polar surface area (TPSA) is 94.2 Å². The molecule has 1 amide bonds. The van der Waals surface area contributed by atoms with Crippen molar-refractivity contribution in [2.24, 2.45) is 23.7 Å². The number of nitrogens with zero attached hydrogens (tertiary/aromatic N) is 1. The number of amides is 1. The molecule has 3 aliphatic carbocycles. The second-order valence-corrected chi connectivity index (χ2v) is 18.2. The average Bonchev–Trinajstić information content (AvgIpc) is 3.62. The van der Waals surface area contributed by atoms with E-state index in [1.807, 2.05) is 25.1 Å². The largest absolute Gasteiger partial charge is 0.490 e. The third kappa shape index (κ3) is 5.94. The standard InChI is InChI=1S/C38H49ClN2O6S/c1-23-6-3-8-30(37-46-34-9-4-10-35(34)47-37)29-14-11-27(29)20-41-21-38(17-5-7-25-18-28(39)13-15-31(25)38)22-45-33-16-12-26(19-32(33)41)36(42)40-48(43,44)24(23)2/h12-13,15-16,18-19,23-24,27,29-30,34-35,37H,3-11,14,17,20-22H2,1-2H3,(H,40,42)/t23-,24+,27-,29+,30-,34-,35+,37?,38-/m0/s1. The van der Waals surface area contributed by atoms with Gasteiger partial charge in [-0.25, -0.2) is 13.1 Å². The minimum atomic E-state index is -3.89. The van der Waals surface area contributed by atoms with Crippen LogP contribution in [0, 0.1) is 23.7 Å². The van der Waals surface area contributed by atoms with E-state index in [0.29, 0.717) is 24.0 Å². The zero-order chi connectivity index (χ0) is 33.2. The summed E-state index contributed by atoms with van der Waals surface area (Å²) in [5.41, 5.74) is 3.54.